The summed E-state index contributed by atoms with van der Waals surface area (Å²) in [5, 5.41) is 4.33. The van der Waals surface area contributed by atoms with Gasteiger partial charge in [-0.2, -0.15) is 0 Å². The van der Waals surface area contributed by atoms with Crippen molar-refractivity contribution in [1.29, 1.82) is 0 Å². The average molecular weight is 285 g/mol. The molecule has 1 aromatic carbocycles. The Morgan fingerprint density at radius 3 is 2.90 bits per heavy atom. The summed E-state index contributed by atoms with van der Waals surface area (Å²) in [4.78, 5) is 6.98. The molecule has 0 atom stereocenters. The molecule has 2 aromatic rings. The van der Waals surface area contributed by atoms with Gasteiger partial charge in [-0.1, -0.05) is 24.3 Å². The van der Waals surface area contributed by atoms with E-state index in [1.54, 1.807) is 7.11 Å². The predicted octanol–water partition coefficient (Wildman–Crippen LogP) is 2.59. The molecule has 0 saturated carbocycles. The number of nitrogens with one attached hydrogen (secondary N) is 1. The zero-order chi connectivity index (χ0) is 15.1. The highest BCUT2D eigenvalue weighted by atomic mass is 16.5. The number of rotatable bonds is 8. The van der Waals surface area contributed by atoms with Gasteiger partial charge in [0.25, 0.3) is 0 Å². The summed E-state index contributed by atoms with van der Waals surface area (Å²) in [5.74, 6) is 0. The van der Waals surface area contributed by atoms with Gasteiger partial charge in [-0.25, -0.2) is 0 Å². The topological polar surface area (TPSA) is 37.4 Å². The molecule has 1 aromatic heterocycles. The lowest BCUT2D eigenvalue weighted by molar-refractivity contribution is 0.206. The molecule has 0 unspecified atom stereocenters. The Morgan fingerprint density at radius 2 is 2.19 bits per heavy atom. The first-order valence-corrected chi connectivity index (χ1v) is 7.18. The van der Waals surface area contributed by atoms with Crippen LogP contribution in [0.1, 0.15) is 5.69 Å². The molecular formula is C17H23N3O. The van der Waals surface area contributed by atoms with Gasteiger partial charge in [-0.3, -0.25) is 4.98 Å². The van der Waals surface area contributed by atoms with E-state index in [1.807, 2.05) is 25.3 Å². The number of ether oxygens (including phenoxy) is 1. The average Bonchev–Trinajstić information content (AvgIpc) is 2.51. The number of para-hydroxylation sites is 1. The van der Waals surface area contributed by atoms with E-state index in [1.165, 1.54) is 5.69 Å². The first kappa shape index (κ1) is 15.5. The normalized spacial score (nSPS) is 10.8. The number of nitrogens with zero attached hydrogens (tertiary/aromatic N) is 2. The minimum Gasteiger partial charge on any atom is -0.383 e. The molecule has 0 aliphatic heterocycles. The van der Waals surface area contributed by atoms with Gasteiger partial charge in [0.05, 0.1) is 17.8 Å². The second-order valence-electron chi connectivity index (χ2n) is 4.91. The number of fused-ring (bicyclic) bond motifs is 1. The van der Waals surface area contributed by atoms with Crippen LogP contribution < -0.4 is 10.2 Å². The molecule has 21 heavy (non-hydrogen) atoms. The van der Waals surface area contributed by atoms with Gasteiger partial charge < -0.3 is 15.0 Å². The Labute approximate surface area is 126 Å². The quantitative estimate of drug-likeness (QED) is 0.757. The van der Waals surface area contributed by atoms with E-state index in [2.05, 4.69) is 35.0 Å². The Hall–Kier alpha value is -1.91. The molecule has 0 aliphatic rings. The van der Waals surface area contributed by atoms with Crippen molar-refractivity contribution in [2.45, 2.75) is 6.54 Å². The second-order valence-corrected chi connectivity index (χ2v) is 4.91. The lowest BCUT2D eigenvalue weighted by Crippen LogP contribution is -2.28. The number of hydrogen-bond donors (Lipinski definition) is 1. The summed E-state index contributed by atoms with van der Waals surface area (Å²) >= 11 is 0. The molecule has 4 nitrogen and oxygen atoms in total. The summed E-state index contributed by atoms with van der Waals surface area (Å²) in [7, 11) is 3.66. The van der Waals surface area contributed by atoms with E-state index < -0.39 is 0 Å². The Bertz CT molecular complexity index is 598. The third-order valence-electron chi connectivity index (χ3n) is 3.36. The van der Waals surface area contributed by atoms with E-state index in [9.17, 15) is 0 Å². The van der Waals surface area contributed by atoms with Crippen molar-refractivity contribution in [3.8, 4) is 0 Å². The molecule has 0 amide bonds. The molecule has 0 radical (unpaired) electrons. The van der Waals surface area contributed by atoms with Crippen LogP contribution in [0.4, 0.5) is 5.69 Å². The maximum Gasteiger partial charge on any atom is 0.0726 e. The van der Waals surface area contributed by atoms with Crippen molar-refractivity contribution in [2.75, 3.05) is 38.8 Å². The molecule has 4 heteroatoms. The molecule has 0 saturated heterocycles. The molecule has 1 N–H and O–H groups in total. The number of hydrogen-bond acceptors (Lipinski definition) is 4. The van der Waals surface area contributed by atoms with Crippen LogP contribution in [0.5, 0.6) is 0 Å². The highest BCUT2D eigenvalue weighted by Gasteiger charge is 2.11. The van der Waals surface area contributed by atoms with E-state index in [4.69, 9.17) is 9.72 Å². The van der Waals surface area contributed by atoms with Crippen molar-refractivity contribution >= 4 is 16.6 Å². The first-order chi connectivity index (χ1) is 10.3. The summed E-state index contributed by atoms with van der Waals surface area (Å²) in [5.41, 5.74) is 3.24. The predicted molar refractivity (Wildman–Crippen MR) is 88.8 cm³/mol. The lowest BCUT2D eigenvalue weighted by atomic mass is 10.1. The molecule has 0 fully saturated rings. The van der Waals surface area contributed by atoms with Gasteiger partial charge in [0.2, 0.25) is 0 Å². The number of pyridine rings is 1. The minimum absolute atomic E-state index is 0.686. The van der Waals surface area contributed by atoms with E-state index in [-0.39, 0.29) is 0 Å². The van der Waals surface area contributed by atoms with Crippen LogP contribution in [-0.4, -0.2) is 38.8 Å². The Morgan fingerprint density at radius 1 is 1.38 bits per heavy atom. The number of aromatic nitrogens is 1. The zero-order valence-corrected chi connectivity index (χ0v) is 12.8. The van der Waals surface area contributed by atoms with Crippen LogP contribution in [0, 0.1) is 0 Å². The Balaban J connectivity index is 2.48. The minimum atomic E-state index is 0.686. The molecule has 0 bridgehead atoms. The van der Waals surface area contributed by atoms with Crippen LogP contribution in [-0.2, 0) is 11.3 Å². The third kappa shape index (κ3) is 3.80. The van der Waals surface area contributed by atoms with Crippen molar-refractivity contribution in [3.05, 3.63) is 48.7 Å². The van der Waals surface area contributed by atoms with E-state index in [0.717, 1.165) is 36.2 Å². The lowest BCUT2D eigenvalue weighted by Gasteiger charge is -2.25. The van der Waals surface area contributed by atoms with Crippen LogP contribution in [0.3, 0.4) is 0 Å². The maximum atomic E-state index is 5.23. The SMILES string of the molecule is C=CCN(CCOC)c1cc(CNC)nc2ccccc12. The highest BCUT2D eigenvalue weighted by molar-refractivity contribution is 5.92. The van der Waals surface area contributed by atoms with Crippen molar-refractivity contribution in [3.63, 3.8) is 0 Å². The smallest absolute Gasteiger partial charge is 0.0726 e. The number of anilines is 1. The number of methoxy groups -OCH3 is 1. The summed E-state index contributed by atoms with van der Waals surface area (Å²) in [6, 6.07) is 10.4. The van der Waals surface area contributed by atoms with Gasteiger partial charge in [-0.05, 0) is 19.2 Å². The fourth-order valence-electron chi connectivity index (χ4n) is 2.41. The van der Waals surface area contributed by atoms with E-state index >= 15 is 0 Å². The highest BCUT2D eigenvalue weighted by Crippen LogP contribution is 2.26. The molecule has 1 heterocycles. The largest absolute Gasteiger partial charge is 0.383 e. The van der Waals surface area contributed by atoms with E-state index in [0.29, 0.717) is 6.61 Å². The van der Waals surface area contributed by atoms with Crippen LogP contribution in [0.2, 0.25) is 0 Å². The van der Waals surface area contributed by atoms with Crippen LogP contribution >= 0.6 is 0 Å². The summed E-state index contributed by atoms with van der Waals surface area (Å²) in [6.45, 7) is 6.92. The third-order valence-corrected chi connectivity index (χ3v) is 3.36. The second kappa shape index (κ2) is 7.76. The van der Waals surface area contributed by atoms with Crippen molar-refractivity contribution in [1.82, 2.24) is 10.3 Å². The van der Waals surface area contributed by atoms with Gasteiger partial charge >= 0.3 is 0 Å². The first-order valence-electron chi connectivity index (χ1n) is 7.18. The number of benzene rings is 1. The molecule has 0 spiro atoms. The monoisotopic (exact) mass is 285 g/mol. The fourth-order valence-corrected chi connectivity index (χ4v) is 2.41. The Kier molecular flexibility index (Phi) is 5.72. The van der Waals surface area contributed by atoms with Gasteiger partial charge in [0.1, 0.15) is 0 Å². The van der Waals surface area contributed by atoms with Crippen molar-refractivity contribution < 1.29 is 4.74 Å². The zero-order valence-electron chi connectivity index (χ0n) is 12.8. The summed E-state index contributed by atoms with van der Waals surface area (Å²) < 4.78 is 5.23. The van der Waals surface area contributed by atoms with Crippen LogP contribution in [0.15, 0.2) is 43.0 Å². The standard InChI is InChI=1S/C17H23N3O/c1-4-9-20(10-11-21-3)17-12-14(13-18-2)19-16-8-6-5-7-15(16)17/h4-8,12,18H,1,9-11,13H2,2-3H3. The van der Waals surface area contributed by atoms with Gasteiger partial charge in [0, 0.05) is 37.8 Å². The fraction of sp³-hybridized carbons (Fsp3) is 0.353. The van der Waals surface area contributed by atoms with Crippen molar-refractivity contribution in [2.24, 2.45) is 0 Å². The molecule has 0 aliphatic carbocycles. The van der Waals surface area contributed by atoms with Gasteiger partial charge in [0.15, 0.2) is 0 Å². The van der Waals surface area contributed by atoms with Crippen LogP contribution in [0.25, 0.3) is 10.9 Å². The van der Waals surface area contributed by atoms with Gasteiger partial charge in [-0.15, -0.1) is 6.58 Å². The molecule has 2 rings (SSSR count). The molecule has 112 valence electrons. The molecular weight excluding hydrogens is 262 g/mol. The summed E-state index contributed by atoms with van der Waals surface area (Å²) in [6.07, 6.45) is 1.92. The maximum absolute atomic E-state index is 5.23.